The Morgan fingerprint density at radius 2 is 1.85 bits per heavy atom. The number of nitrogens with one attached hydrogen (secondary N) is 1. The monoisotopic (exact) mass is 373 g/mol. The Morgan fingerprint density at radius 1 is 1.19 bits per heavy atom. The first-order valence-electron chi connectivity index (χ1n) is 9.67. The molecule has 3 rings (SSSR count). The van der Waals surface area contributed by atoms with Crippen LogP contribution in [0.4, 0.5) is 5.69 Å². The van der Waals surface area contributed by atoms with Crippen LogP contribution in [0.2, 0.25) is 0 Å². The number of amides is 2. The zero-order valence-corrected chi connectivity index (χ0v) is 17.0. The second kappa shape index (κ2) is 7.98. The van der Waals surface area contributed by atoms with Crippen molar-refractivity contribution in [2.75, 3.05) is 39.6 Å². The number of rotatable bonds is 4. The molecule has 1 N–H and O–H groups in total. The van der Waals surface area contributed by atoms with Crippen molar-refractivity contribution in [1.82, 2.24) is 9.80 Å². The van der Waals surface area contributed by atoms with Crippen molar-refractivity contribution >= 4 is 17.5 Å². The van der Waals surface area contributed by atoms with E-state index in [1.807, 2.05) is 24.0 Å². The first-order chi connectivity index (χ1) is 12.8. The number of carbonyl (C=O) groups is 2. The van der Waals surface area contributed by atoms with E-state index in [-0.39, 0.29) is 17.9 Å². The van der Waals surface area contributed by atoms with Gasteiger partial charge < -0.3 is 19.9 Å². The second-order valence-corrected chi connectivity index (χ2v) is 8.22. The molecular formula is C21H31N3O3. The quantitative estimate of drug-likeness (QED) is 0.880. The van der Waals surface area contributed by atoms with Crippen LogP contribution < -0.4 is 5.32 Å². The molecule has 1 aliphatic carbocycles. The first kappa shape index (κ1) is 19.8. The molecule has 0 aromatic heterocycles. The SMILES string of the molecule is CO[C@@H]1C[C@H]2CN(C(=O)c3ccc(NC(C)=O)cc3C)C[C@H]2C[C@H]1N(C)C. The molecule has 2 fully saturated rings. The fraction of sp³-hybridized carbons (Fsp3) is 0.619. The van der Waals surface area contributed by atoms with Crippen LogP contribution in [0.15, 0.2) is 18.2 Å². The highest BCUT2D eigenvalue weighted by Crippen LogP contribution is 2.39. The van der Waals surface area contributed by atoms with E-state index in [2.05, 4.69) is 24.3 Å². The van der Waals surface area contributed by atoms with E-state index in [4.69, 9.17) is 4.74 Å². The molecule has 1 saturated carbocycles. The molecule has 0 unspecified atom stereocenters. The number of methoxy groups -OCH3 is 1. The summed E-state index contributed by atoms with van der Waals surface area (Å²) in [5, 5.41) is 2.77. The molecule has 1 aliphatic heterocycles. The van der Waals surface area contributed by atoms with E-state index in [1.54, 1.807) is 13.2 Å². The van der Waals surface area contributed by atoms with Gasteiger partial charge in [-0.1, -0.05) is 0 Å². The van der Waals surface area contributed by atoms with Crippen molar-refractivity contribution in [3.63, 3.8) is 0 Å². The summed E-state index contributed by atoms with van der Waals surface area (Å²) >= 11 is 0. The summed E-state index contributed by atoms with van der Waals surface area (Å²) in [7, 11) is 6.00. The van der Waals surface area contributed by atoms with Gasteiger partial charge in [0.2, 0.25) is 5.91 Å². The van der Waals surface area contributed by atoms with Gasteiger partial charge >= 0.3 is 0 Å². The number of benzene rings is 1. The summed E-state index contributed by atoms with van der Waals surface area (Å²) in [6, 6.07) is 5.89. The van der Waals surface area contributed by atoms with Crippen LogP contribution in [0.5, 0.6) is 0 Å². The topological polar surface area (TPSA) is 61.9 Å². The van der Waals surface area contributed by atoms with Gasteiger partial charge in [0.05, 0.1) is 6.10 Å². The van der Waals surface area contributed by atoms with Crippen LogP contribution in [-0.4, -0.2) is 68.1 Å². The lowest BCUT2D eigenvalue weighted by atomic mass is 9.77. The third-order valence-electron chi connectivity index (χ3n) is 6.12. The van der Waals surface area contributed by atoms with E-state index in [0.717, 1.165) is 42.7 Å². The second-order valence-electron chi connectivity index (χ2n) is 8.22. The van der Waals surface area contributed by atoms with E-state index < -0.39 is 0 Å². The summed E-state index contributed by atoms with van der Waals surface area (Å²) in [5.41, 5.74) is 2.33. The van der Waals surface area contributed by atoms with E-state index >= 15 is 0 Å². The lowest BCUT2D eigenvalue weighted by molar-refractivity contribution is -0.114. The smallest absolute Gasteiger partial charge is 0.254 e. The van der Waals surface area contributed by atoms with Crippen molar-refractivity contribution in [1.29, 1.82) is 0 Å². The minimum atomic E-state index is -0.111. The molecule has 2 aliphatic rings. The number of fused-ring (bicyclic) bond motifs is 1. The minimum Gasteiger partial charge on any atom is -0.380 e. The zero-order valence-electron chi connectivity index (χ0n) is 17.0. The summed E-state index contributed by atoms with van der Waals surface area (Å²) < 4.78 is 5.74. The number of aryl methyl sites for hydroxylation is 1. The summed E-state index contributed by atoms with van der Waals surface area (Å²) in [6.07, 6.45) is 2.31. The number of carbonyl (C=O) groups excluding carboxylic acids is 2. The molecule has 4 atom stereocenters. The molecule has 6 heteroatoms. The van der Waals surface area contributed by atoms with Gasteiger partial charge in [-0.3, -0.25) is 9.59 Å². The number of ether oxygens (including phenoxy) is 1. The first-order valence-corrected chi connectivity index (χ1v) is 9.67. The van der Waals surface area contributed by atoms with Crippen LogP contribution in [0.1, 0.15) is 35.7 Å². The van der Waals surface area contributed by atoms with Crippen molar-refractivity contribution in [2.45, 2.75) is 38.8 Å². The lowest BCUT2D eigenvalue weighted by Crippen LogP contribution is -2.47. The Labute approximate surface area is 161 Å². The average Bonchev–Trinajstić information content (AvgIpc) is 3.02. The van der Waals surface area contributed by atoms with Crippen molar-refractivity contribution < 1.29 is 14.3 Å². The number of hydrogen-bond donors (Lipinski definition) is 1. The summed E-state index contributed by atoms with van der Waals surface area (Å²) in [5.74, 6) is 1.02. The van der Waals surface area contributed by atoms with Crippen LogP contribution >= 0.6 is 0 Å². The van der Waals surface area contributed by atoms with Gasteiger partial charge in [-0.25, -0.2) is 0 Å². The molecule has 0 spiro atoms. The maximum Gasteiger partial charge on any atom is 0.254 e. The molecule has 0 radical (unpaired) electrons. The number of nitrogens with zero attached hydrogens (tertiary/aromatic N) is 2. The van der Waals surface area contributed by atoms with Gasteiger partial charge in [0.1, 0.15) is 0 Å². The third kappa shape index (κ3) is 4.17. The van der Waals surface area contributed by atoms with Gasteiger partial charge in [0.15, 0.2) is 0 Å². The molecule has 2 amide bonds. The minimum absolute atomic E-state index is 0.0895. The van der Waals surface area contributed by atoms with E-state index in [9.17, 15) is 9.59 Å². The normalized spacial score (nSPS) is 27.6. The highest BCUT2D eigenvalue weighted by molar-refractivity contribution is 5.97. The van der Waals surface area contributed by atoms with Gasteiger partial charge in [0, 0.05) is 44.4 Å². The standard InChI is InChI=1S/C21H31N3O3/c1-13-8-17(22-14(2)25)6-7-18(13)21(26)24-11-15-9-19(23(3)4)20(27-5)10-16(15)12-24/h6-8,15-16,19-20H,9-12H2,1-5H3,(H,22,25)/t15-,16+,19-,20-/m1/s1. The molecule has 148 valence electrons. The van der Waals surface area contributed by atoms with E-state index in [0.29, 0.717) is 17.9 Å². The Balaban J connectivity index is 1.72. The molecule has 0 bridgehead atoms. The van der Waals surface area contributed by atoms with Crippen molar-refractivity contribution in [2.24, 2.45) is 11.8 Å². The van der Waals surface area contributed by atoms with Crippen molar-refractivity contribution in [3.05, 3.63) is 29.3 Å². The molecule has 1 heterocycles. The van der Waals surface area contributed by atoms with Crippen LogP contribution in [0, 0.1) is 18.8 Å². The highest BCUT2D eigenvalue weighted by Gasteiger charge is 2.44. The summed E-state index contributed by atoms with van der Waals surface area (Å²) in [4.78, 5) is 28.6. The van der Waals surface area contributed by atoms with Crippen LogP contribution in [0.3, 0.4) is 0 Å². The van der Waals surface area contributed by atoms with Gasteiger partial charge in [-0.2, -0.15) is 0 Å². The third-order valence-corrected chi connectivity index (χ3v) is 6.12. The zero-order chi connectivity index (χ0) is 19.7. The Bertz CT molecular complexity index is 719. The van der Waals surface area contributed by atoms with Gasteiger partial charge in [-0.15, -0.1) is 0 Å². The van der Waals surface area contributed by atoms with E-state index in [1.165, 1.54) is 6.92 Å². The maximum absolute atomic E-state index is 13.1. The lowest BCUT2D eigenvalue weighted by Gasteiger charge is -2.40. The van der Waals surface area contributed by atoms with Crippen LogP contribution in [0.25, 0.3) is 0 Å². The fourth-order valence-electron chi connectivity index (χ4n) is 4.71. The molecular weight excluding hydrogens is 342 g/mol. The predicted octanol–water partition coefficient (Wildman–Crippen LogP) is 2.38. The highest BCUT2D eigenvalue weighted by atomic mass is 16.5. The Morgan fingerprint density at radius 3 is 2.41 bits per heavy atom. The number of hydrogen-bond acceptors (Lipinski definition) is 4. The number of likely N-dealkylation sites (N-methyl/N-ethyl adjacent to an activating group) is 1. The molecule has 1 aromatic rings. The maximum atomic E-state index is 13.1. The molecule has 27 heavy (non-hydrogen) atoms. The fourth-order valence-corrected chi connectivity index (χ4v) is 4.71. The Kier molecular flexibility index (Phi) is 5.86. The average molecular weight is 373 g/mol. The molecule has 1 aromatic carbocycles. The Hall–Kier alpha value is -1.92. The predicted molar refractivity (Wildman–Crippen MR) is 106 cm³/mol. The van der Waals surface area contributed by atoms with Crippen molar-refractivity contribution in [3.8, 4) is 0 Å². The molecule has 1 saturated heterocycles. The number of likely N-dealkylation sites (tertiary alicyclic amines) is 1. The molecule has 6 nitrogen and oxygen atoms in total. The number of anilines is 1. The van der Waals surface area contributed by atoms with Gasteiger partial charge in [-0.05, 0) is 69.5 Å². The largest absolute Gasteiger partial charge is 0.380 e. The van der Waals surface area contributed by atoms with Gasteiger partial charge in [0.25, 0.3) is 5.91 Å². The summed E-state index contributed by atoms with van der Waals surface area (Å²) in [6.45, 7) is 5.02. The van der Waals surface area contributed by atoms with Crippen LogP contribution in [-0.2, 0) is 9.53 Å².